The highest BCUT2D eigenvalue weighted by molar-refractivity contribution is 5.86. The molecule has 1 aromatic heterocycles. The van der Waals surface area contributed by atoms with Crippen molar-refractivity contribution >= 4 is 10.8 Å². The van der Waals surface area contributed by atoms with Gasteiger partial charge in [0.2, 0.25) is 0 Å². The Balaban J connectivity index is 2.48. The molecule has 1 atom stereocenters. The minimum Gasteiger partial charge on any atom is -0.373 e. The molecule has 0 spiro atoms. The van der Waals surface area contributed by atoms with Crippen LogP contribution in [0.3, 0.4) is 0 Å². The van der Waals surface area contributed by atoms with Gasteiger partial charge in [0.1, 0.15) is 0 Å². The van der Waals surface area contributed by atoms with Gasteiger partial charge in [0.15, 0.2) is 11.6 Å². The molecule has 0 fully saturated rings. The summed E-state index contributed by atoms with van der Waals surface area (Å²) in [4.78, 5) is 12.3. The van der Waals surface area contributed by atoms with Crippen LogP contribution in [0.15, 0.2) is 16.9 Å². The van der Waals surface area contributed by atoms with Crippen LogP contribution in [0.25, 0.3) is 10.8 Å². The van der Waals surface area contributed by atoms with Crippen LogP contribution < -0.4 is 10.9 Å². The number of pyridine rings is 1. The van der Waals surface area contributed by atoms with Crippen LogP contribution in [-0.4, -0.2) is 18.2 Å². The van der Waals surface area contributed by atoms with Crippen molar-refractivity contribution in [3.05, 3.63) is 45.4 Å². The third kappa shape index (κ3) is 1.76. The van der Waals surface area contributed by atoms with Gasteiger partial charge in [-0.2, -0.15) is 0 Å². The van der Waals surface area contributed by atoms with E-state index < -0.39 is 11.6 Å². The maximum absolute atomic E-state index is 13.5. The lowest BCUT2D eigenvalue weighted by atomic mass is 9.96. The number of hydrogen-bond acceptors (Lipinski definition) is 3. The molecule has 1 aliphatic rings. The zero-order valence-corrected chi connectivity index (χ0v) is 11.2. The summed E-state index contributed by atoms with van der Waals surface area (Å²) in [7, 11) is 3.38. The molecule has 2 aromatic rings. The lowest BCUT2D eigenvalue weighted by Crippen LogP contribution is -2.33. The fourth-order valence-corrected chi connectivity index (χ4v) is 2.73. The number of benzene rings is 1. The summed E-state index contributed by atoms with van der Waals surface area (Å²) in [5.41, 5.74) is 1.15. The molecule has 1 aliphatic heterocycles. The number of likely N-dealkylation sites (N-methyl/N-ethyl adjacent to an activating group) is 1. The lowest BCUT2D eigenvalue weighted by molar-refractivity contribution is 0.0792. The molecule has 0 aliphatic carbocycles. The molecule has 0 radical (unpaired) electrons. The molecule has 20 heavy (non-hydrogen) atoms. The highest BCUT2D eigenvalue weighted by Gasteiger charge is 2.26. The first-order valence-corrected chi connectivity index (χ1v) is 6.30. The van der Waals surface area contributed by atoms with Gasteiger partial charge in [-0.15, -0.1) is 0 Å². The lowest BCUT2D eigenvalue weighted by Gasteiger charge is -2.28. The molecule has 1 N–H and O–H groups in total. The smallest absolute Gasteiger partial charge is 0.258 e. The number of hydrogen-bond donors (Lipinski definition) is 1. The number of aromatic nitrogens is 1. The number of rotatable bonds is 1. The molecule has 106 valence electrons. The van der Waals surface area contributed by atoms with Gasteiger partial charge in [0.05, 0.1) is 30.3 Å². The number of nitrogens with one attached hydrogen (secondary N) is 1. The van der Waals surface area contributed by atoms with Gasteiger partial charge < -0.3 is 14.6 Å². The Morgan fingerprint density at radius 2 is 1.95 bits per heavy atom. The van der Waals surface area contributed by atoms with E-state index >= 15 is 0 Å². The van der Waals surface area contributed by atoms with E-state index in [1.807, 2.05) is 0 Å². The van der Waals surface area contributed by atoms with Gasteiger partial charge in [0.25, 0.3) is 5.56 Å². The normalized spacial score (nSPS) is 18.3. The van der Waals surface area contributed by atoms with E-state index in [1.54, 1.807) is 14.1 Å². The maximum Gasteiger partial charge on any atom is 0.258 e. The van der Waals surface area contributed by atoms with Crippen molar-refractivity contribution in [3.8, 4) is 0 Å². The largest absolute Gasteiger partial charge is 0.373 e. The van der Waals surface area contributed by atoms with E-state index in [2.05, 4.69) is 5.32 Å². The third-order valence-electron chi connectivity index (χ3n) is 3.82. The van der Waals surface area contributed by atoms with E-state index in [-0.39, 0.29) is 23.6 Å². The first kappa shape index (κ1) is 13.2. The van der Waals surface area contributed by atoms with Gasteiger partial charge in [-0.25, -0.2) is 8.78 Å². The van der Waals surface area contributed by atoms with Crippen LogP contribution in [0.2, 0.25) is 0 Å². The van der Waals surface area contributed by atoms with E-state index in [0.717, 1.165) is 17.7 Å². The Kier molecular flexibility index (Phi) is 3.07. The average Bonchev–Trinajstić information content (AvgIpc) is 2.46. The fourth-order valence-electron chi connectivity index (χ4n) is 2.73. The summed E-state index contributed by atoms with van der Waals surface area (Å²) in [6.45, 7) is 0.712. The van der Waals surface area contributed by atoms with E-state index in [0.29, 0.717) is 17.7 Å². The van der Waals surface area contributed by atoms with Gasteiger partial charge >= 0.3 is 0 Å². The van der Waals surface area contributed by atoms with Crippen LogP contribution in [0.5, 0.6) is 0 Å². The van der Waals surface area contributed by atoms with Crippen molar-refractivity contribution in [2.45, 2.75) is 12.6 Å². The molecule has 0 amide bonds. The predicted octanol–water partition coefficient (Wildman–Crippen LogP) is 1.61. The standard InChI is InChI=1S/C14H14F2N2O2/c1-17-11-5-20-6-12-13(11)7-3-9(15)10(16)4-8(7)14(19)18(12)2/h3-4,11,17H,5-6H2,1-2H3/t11-/m1/s1. The molecule has 0 saturated heterocycles. The first-order valence-electron chi connectivity index (χ1n) is 6.30. The molecular formula is C14H14F2N2O2. The molecule has 3 rings (SSSR count). The van der Waals surface area contributed by atoms with E-state index in [9.17, 15) is 13.6 Å². The fraction of sp³-hybridized carbons (Fsp3) is 0.357. The van der Waals surface area contributed by atoms with Gasteiger partial charge in [-0.1, -0.05) is 0 Å². The van der Waals surface area contributed by atoms with Crippen LogP contribution in [0, 0.1) is 11.6 Å². The molecular weight excluding hydrogens is 266 g/mol. The van der Waals surface area contributed by atoms with Gasteiger partial charge in [-0.05, 0) is 24.6 Å². The van der Waals surface area contributed by atoms with E-state index in [4.69, 9.17) is 4.74 Å². The number of ether oxygens (including phenoxy) is 1. The van der Waals surface area contributed by atoms with Crippen molar-refractivity contribution in [2.24, 2.45) is 7.05 Å². The minimum atomic E-state index is -1.01. The maximum atomic E-state index is 13.5. The van der Waals surface area contributed by atoms with Gasteiger partial charge in [0, 0.05) is 12.6 Å². The van der Waals surface area contributed by atoms with Crippen molar-refractivity contribution in [2.75, 3.05) is 13.7 Å². The second kappa shape index (κ2) is 4.64. The highest BCUT2D eigenvalue weighted by Crippen LogP contribution is 2.31. The molecule has 0 bridgehead atoms. The highest BCUT2D eigenvalue weighted by atomic mass is 19.2. The Morgan fingerprint density at radius 1 is 1.30 bits per heavy atom. The molecule has 1 aromatic carbocycles. The Morgan fingerprint density at radius 3 is 2.60 bits per heavy atom. The Bertz CT molecular complexity index is 755. The van der Waals surface area contributed by atoms with Crippen LogP contribution in [-0.2, 0) is 18.4 Å². The van der Waals surface area contributed by atoms with E-state index in [1.165, 1.54) is 4.57 Å². The van der Waals surface area contributed by atoms with Crippen molar-refractivity contribution in [1.82, 2.24) is 9.88 Å². The number of nitrogens with zero attached hydrogens (tertiary/aromatic N) is 1. The zero-order chi connectivity index (χ0) is 14.4. The quantitative estimate of drug-likeness (QED) is 0.863. The monoisotopic (exact) mass is 280 g/mol. The summed E-state index contributed by atoms with van der Waals surface area (Å²) < 4.78 is 33.8. The topological polar surface area (TPSA) is 43.3 Å². The molecule has 0 saturated carbocycles. The Labute approximate surface area is 114 Å². The molecule has 2 heterocycles. The second-order valence-electron chi connectivity index (χ2n) is 4.89. The number of halogens is 2. The molecule has 6 heteroatoms. The van der Waals surface area contributed by atoms with Crippen LogP contribution in [0.1, 0.15) is 17.3 Å². The summed E-state index contributed by atoms with van der Waals surface area (Å²) in [6.07, 6.45) is 0. The summed E-state index contributed by atoms with van der Waals surface area (Å²) in [5, 5.41) is 3.71. The number of fused-ring (bicyclic) bond motifs is 3. The van der Waals surface area contributed by atoms with Crippen molar-refractivity contribution in [1.29, 1.82) is 0 Å². The van der Waals surface area contributed by atoms with Crippen LogP contribution >= 0.6 is 0 Å². The first-order chi connectivity index (χ1) is 9.54. The SMILES string of the molecule is CN[C@@H]1COCc2c1c1cc(F)c(F)cc1c(=O)n2C. The van der Waals surface area contributed by atoms with Crippen molar-refractivity contribution < 1.29 is 13.5 Å². The third-order valence-corrected chi connectivity index (χ3v) is 3.82. The van der Waals surface area contributed by atoms with Crippen molar-refractivity contribution in [3.63, 3.8) is 0 Å². The Hall–Kier alpha value is -1.79. The predicted molar refractivity (Wildman–Crippen MR) is 70.6 cm³/mol. The average molecular weight is 280 g/mol. The summed E-state index contributed by atoms with van der Waals surface area (Å²) in [6, 6.07) is 1.91. The summed E-state index contributed by atoms with van der Waals surface area (Å²) in [5.74, 6) is -1.96. The molecule has 0 unspecified atom stereocenters. The minimum absolute atomic E-state index is 0.155. The summed E-state index contributed by atoms with van der Waals surface area (Å²) >= 11 is 0. The second-order valence-corrected chi connectivity index (χ2v) is 4.89. The molecule has 4 nitrogen and oxygen atoms in total. The van der Waals surface area contributed by atoms with Crippen LogP contribution in [0.4, 0.5) is 8.78 Å². The zero-order valence-electron chi connectivity index (χ0n) is 11.2. The van der Waals surface area contributed by atoms with Gasteiger partial charge in [-0.3, -0.25) is 4.79 Å².